The van der Waals surface area contributed by atoms with E-state index in [1.807, 2.05) is 30.3 Å². The lowest BCUT2D eigenvalue weighted by atomic mass is 10.0. The molecule has 20 heavy (non-hydrogen) atoms. The molecule has 0 bridgehead atoms. The van der Waals surface area contributed by atoms with Crippen LogP contribution in [0.4, 0.5) is 0 Å². The van der Waals surface area contributed by atoms with E-state index in [2.05, 4.69) is 49.4 Å². The van der Waals surface area contributed by atoms with Crippen LogP contribution in [-0.2, 0) is 6.42 Å². The smallest absolute Gasteiger partial charge is 0.0831 e. The highest BCUT2D eigenvalue weighted by Gasteiger charge is 2.13. The number of hydrogen-bond acceptors (Lipinski definition) is 2. The van der Waals surface area contributed by atoms with Crippen LogP contribution in [-0.4, -0.2) is 5.11 Å². The summed E-state index contributed by atoms with van der Waals surface area (Å²) in [6, 6.07) is 14.2. The van der Waals surface area contributed by atoms with Crippen molar-refractivity contribution in [2.45, 2.75) is 12.5 Å². The van der Waals surface area contributed by atoms with E-state index in [-0.39, 0.29) is 0 Å². The topological polar surface area (TPSA) is 20.2 Å². The molecule has 1 heterocycles. The third-order valence-corrected chi connectivity index (χ3v) is 5.17. The number of hydrogen-bond donors (Lipinski definition) is 1. The van der Waals surface area contributed by atoms with Crippen molar-refractivity contribution in [3.8, 4) is 0 Å². The SMILES string of the molecule is OC(Cc1csc2ccccc12)c1cc(Br)cc(Br)c1. The van der Waals surface area contributed by atoms with Gasteiger partial charge in [0.1, 0.15) is 0 Å². The molecule has 1 nitrogen and oxygen atoms in total. The van der Waals surface area contributed by atoms with Crippen LogP contribution in [0.25, 0.3) is 10.1 Å². The number of aliphatic hydroxyl groups excluding tert-OH is 1. The van der Waals surface area contributed by atoms with Crippen molar-refractivity contribution in [3.05, 3.63) is 67.9 Å². The van der Waals surface area contributed by atoms with Gasteiger partial charge in [0.25, 0.3) is 0 Å². The molecule has 2 aromatic carbocycles. The molecule has 1 N–H and O–H groups in total. The van der Waals surface area contributed by atoms with Crippen molar-refractivity contribution in [1.82, 2.24) is 0 Å². The zero-order valence-corrected chi connectivity index (χ0v) is 14.5. The Bertz CT molecular complexity index is 731. The second kappa shape index (κ2) is 5.98. The molecule has 1 unspecified atom stereocenters. The number of halogens is 2. The van der Waals surface area contributed by atoms with Crippen LogP contribution in [0.5, 0.6) is 0 Å². The Morgan fingerprint density at radius 1 is 1.05 bits per heavy atom. The summed E-state index contributed by atoms with van der Waals surface area (Å²) in [5.41, 5.74) is 2.12. The first kappa shape index (κ1) is 14.3. The lowest BCUT2D eigenvalue weighted by molar-refractivity contribution is 0.179. The van der Waals surface area contributed by atoms with Gasteiger partial charge in [0.15, 0.2) is 0 Å². The molecule has 0 aliphatic carbocycles. The van der Waals surface area contributed by atoms with E-state index in [4.69, 9.17) is 0 Å². The number of thiophene rings is 1. The molecule has 0 fully saturated rings. The van der Waals surface area contributed by atoms with Crippen LogP contribution in [0.15, 0.2) is 56.8 Å². The second-order valence-corrected chi connectivity index (χ2v) is 7.42. The molecule has 3 rings (SSSR count). The third-order valence-electron chi connectivity index (χ3n) is 3.24. The van der Waals surface area contributed by atoms with Gasteiger partial charge in [-0.05, 0) is 46.2 Å². The van der Waals surface area contributed by atoms with Crippen molar-refractivity contribution in [2.75, 3.05) is 0 Å². The molecule has 0 aliphatic heterocycles. The molecule has 1 aromatic heterocycles. The molecule has 4 heteroatoms. The fourth-order valence-corrected chi connectivity index (χ4v) is 4.59. The van der Waals surface area contributed by atoms with E-state index in [1.54, 1.807) is 11.3 Å². The maximum atomic E-state index is 10.5. The van der Waals surface area contributed by atoms with Gasteiger partial charge < -0.3 is 5.11 Å². The highest BCUT2D eigenvalue weighted by Crippen LogP contribution is 2.31. The Balaban J connectivity index is 1.90. The average Bonchev–Trinajstić information content (AvgIpc) is 2.81. The predicted molar refractivity (Wildman–Crippen MR) is 92.3 cm³/mol. The summed E-state index contributed by atoms with van der Waals surface area (Å²) >= 11 is 8.65. The summed E-state index contributed by atoms with van der Waals surface area (Å²) < 4.78 is 3.21. The van der Waals surface area contributed by atoms with E-state index in [0.29, 0.717) is 6.42 Å². The van der Waals surface area contributed by atoms with E-state index in [1.165, 1.54) is 15.6 Å². The molecule has 102 valence electrons. The van der Waals surface area contributed by atoms with E-state index in [0.717, 1.165) is 14.5 Å². The minimum Gasteiger partial charge on any atom is -0.388 e. The molecule has 0 amide bonds. The number of rotatable bonds is 3. The summed E-state index contributed by atoms with van der Waals surface area (Å²) in [6.07, 6.45) is 0.134. The lowest BCUT2D eigenvalue weighted by Crippen LogP contribution is -2.01. The highest BCUT2D eigenvalue weighted by molar-refractivity contribution is 9.11. The maximum absolute atomic E-state index is 10.5. The fourth-order valence-electron chi connectivity index (χ4n) is 2.28. The van der Waals surface area contributed by atoms with Crippen LogP contribution < -0.4 is 0 Å². The van der Waals surface area contributed by atoms with Crippen molar-refractivity contribution in [3.63, 3.8) is 0 Å². The molecule has 3 aromatic rings. The quantitative estimate of drug-likeness (QED) is 0.585. The van der Waals surface area contributed by atoms with Gasteiger partial charge >= 0.3 is 0 Å². The van der Waals surface area contributed by atoms with Crippen LogP contribution >= 0.6 is 43.2 Å². The van der Waals surface area contributed by atoms with Crippen LogP contribution in [0, 0.1) is 0 Å². The van der Waals surface area contributed by atoms with Gasteiger partial charge in [0.2, 0.25) is 0 Å². The molecule has 0 spiro atoms. The van der Waals surface area contributed by atoms with Crippen molar-refractivity contribution < 1.29 is 5.11 Å². The minimum atomic E-state index is -0.498. The second-order valence-electron chi connectivity index (χ2n) is 4.68. The van der Waals surface area contributed by atoms with E-state index >= 15 is 0 Å². The first-order chi connectivity index (χ1) is 9.63. The number of fused-ring (bicyclic) bond motifs is 1. The van der Waals surface area contributed by atoms with Crippen molar-refractivity contribution in [2.24, 2.45) is 0 Å². The lowest BCUT2D eigenvalue weighted by Gasteiger charge is -2.11. The van der Waals surface area contributed by atoms with Gasteiger partial charge in [-0.15, -0.1) is 11.3 Å². The predicted octanol–water partition coefficient (Wildman–Crippen LogP) is 5.70. The van der Waals surface area contributed by atoms with Crippen molar-refractivity contribution in [1.29, 1.82) is 0 Å². The molecule has 1 atom stereocenters. The summed E-state index contributed by atoms with van der Waals surface area (Å²) in [4.78, 5) is 0. The summed E-state index contributed by atoms with van der Waals surface area (Å²) in [7, 11) is 0. The first-order valence-corrected chi connectivity index (χ1v) is 8.69. The van der Waals surface area contributed by atoms with Crippen LogP contribution in [0.3, 0.4) is 0 Å². The zero-order valence-electron chi connectivity index (χ0n) is 10.5. The van der Waals surface area contributed by atoms with Crippen LogP contribution in [0.2, 0.25) is 0 Å². The Hall–Kier alpha value is -0.680. The number of benzene rings is 2. The van der Waals surface area contributed by atoms with Gasteiger partial charge in [-0.3, -0.25) is 0 Å². The molecule has 0 aliphatic rings. The third kappa shape index (κ3) is 2.98. The van der Waals surface area contributed by atoms with Gasteiger partial charge in [-0.25, -0.2) is 0 Å². The molecule has 0 saturated heterocycles. The van der Waals surface area contributed by atoms with E-state index in [9.17, 15) is 5.11 Å². The molecule has 0 saturated carbocycles. The fraction of sp³-hybridized carbons (Fsp3) is 0.125. The Labute approximate surface area is 138 Å². The molecular weight excluding hydrogens is 400 g/mol. The van der Waals surface area contributed by atoms with Gasteiger partial charge in [-0.2, -0.15) is 0 Å². The molecule has 0 radical (unpaired) electrons. The Morgan fingerprint density at radius 2 is 1.75 bits per heavy atom. The number of aliphatic hydroxyl groups is 1. The maximum Gasteiger partial charge on any atom is 0.0831 e. The standard InChI is InChI=1S/C16H12Br2OS/c17-12-5-10(6-13(18)8-12)15(19)7-11-9-20-16-4-2-1-3-14(11)16/h1-6,8-9,15,19H,7H2. The summed E-state index contributed by atoms with van der Waals surface area (Å²) in [6.45, 7) is 0. The van der Waals surface area contributed by atoms with Gasteiger partial charge in [-0.1, -0.05) is 50.1 Å². The first-order valence-electron chi connectivity index (χ1n) is 6.22. The van der Waals surface area contributed by atoms with Gasteiger partial charge in [0.05, 0.1) is 6.10 Å². The minimum absolute atomic E-state index is 0.498. The Morgan fingerprint density at radius 3 is 2.50 bits per heavy atom. The average molecular weight is 412 g/mol. The monoisotopic (exact) mass is 410 g/mol. The van der Waals surface area contributed by atoms with E-state index < -0.39 is 6.10 Å². The normalized spacial score (nSPS) is 12.8. The van der Waals surface area contributed by atoms with Gasteiger partial charge in [0, 0.05) is 20.1 Å². The highest BCUT2D eigenvalue weighted by atomic mass is 79.9. The van der Waals surface area contributed by atoms with Crippen LogP contribution in [0.1, 0.15) is 17.2 Å². The summed E-state index contributed by atoms with van der Waals surface area (Å²) in [5, 5.41) is 13.8. The zero-order chi connectivity index (χ0) is 14.1. The Kier molecular flexibility index (Phi) is 4.26. The largest absolute Gasteiger partial charge is 0.388 e. The van der Waals surface area contributed by atoms with Crippen molar-refractivity contribution >= 4 is 53.3 Å². The summed E-state index contributed by atoms with van der Waals surface area (Å²) in [5.74, 6) is 0. The molecular formula is C16H12Br2OS.